The molecule has 3 atom stereocenters. The minimum atomic E-state index is -2.54. The number of rotatable bonds is 11. The van der Waals surface area contributed by atoms with Crippen molar-refractivity contribution in [3.05, 3.63) is 0 Å². The molecule has 0 saturated heterocycles. The monoisotopic (exact) mass is 386 g/mol. The highest BCUT2D eigenvalue weighted by atomic mass is 33.7. The van der Waals surface area contributed by atoms with Gasteiger partial charge in [0.2, 0.25) is 0 Å². The lowest BCUT2D eigenvalue weighted by atomic mass is 10.0. The zero-order chi connectivity index (χ0) is 15.1. The average molecular weight is 387 g/mol. The molecule has 0 aromatic heterocycles. The molecule has 8 heteroatoms. The van der Waals surface area contributed by atoms with Gasteiger partial charge in [0.15, 0.2) is 0 Å². The van der Waals surface area contributed by atoms with Crippen molar-refractivity contribution in [1.29, 1.82) is 0 Å². The van der Waals surface area contributed by atoms with Crippen LogP contribution in [0.25, 0.3) is 0 Å². The molecule has 0 heterocycles. The van der Waals surface area contributed by atoms with E-state index in [0.717, 1.165) is 17.1 Å². The van der Waals surface area contributed by atoms with Crippen LogP contribution in [0, 0.1) is 11.8 Å². The summed E-state index contributed by atoms with van der Waals surface area (Å²) >= 11 is 0. The van der Waals surface area contributed by atoms with E-state index in [2.05, 4.69) is 10.8 Å². The predicted octanol–water partition coefficient (Wildman–Crippen LogP) is 5.40. The van der Waals surface area contributed by atoms with Gasteiger partial charge in [-0.25, -0.2) is 0 Å². The highest BCUT2D eigenvalue weighted by molar-refractivity contribution is 9.28. The first-order valence-electron chi connectivity index (χ1n) is 7.82. The van der Waals surface area contributed by atoms with Gasteiger partial charge in [-0.2, -0.15) is 0 Å². The Balaban J connectivity index is 1.70. The molecule has 2 rings (SSSR count). The third kappa shape index (κ3) is 5.51. The van der Waals surface area contributed by atoms with E-state index >= 15 is 0 Å². The van der Waals surface area contributed by atoms with Crippen LogP contribution in [-0.4, -0.2) is 33.0 Å². The maximum absolute atomic E-state index is 5.85. The molecular formula is C13H26O3S4Si. The standard InChI is InChI=1S/C13H26O3S4Si/c1-4-14-21(15-5-2,16-6-3)20-19-18-17-13-10-11-7-8-12(13)9-11/h11-13H,4-10H2,1-3H3. The molecule has 21 heavy (non-hydrogen) atoms. The van der Waals surface area contributed by atoms with Gasteiger partial charge in [0.05, 0.1) is 0 Å². The summed E-state index contributed by atoms with van der Waals surface area (Å²) in [4.78, 5) is 0. The first-order chi connectivity index (χ1) is 10.2. The van der Waals surface area contributed by atoms with Crippen molar-refractivity contribution >= 4 is 48.6 Å². The van der Waals surface area contributed by atoms with E-state index in [4.69, 9.17) is 13.3 Å². The quantitative estimate of drug-likeness (QED) is 0.267. The summed E-state index contributed by atoms with van der Waals surface area (Å²) in [6.45, 7) is 7.93. The van der Waals surface area contributed by atoms with E-state index in [-0.39, 0.29) is 0 Å². The van der Waals surface area contributed by atoms with Gasteiger partial charge in [0, 0.05) is 25.1 Å². The van der Waals surface area contributed by atoms with Crippen LogP contribution in [0.2, 0.25) is 0 Å². The lowest BCUT2D eigenvalue weighted by Crippen LogP contribution is -2.42. The molecular weight excluding hydrogens is 360 g/mol. The molecule has 0 spiro atoms. The van der Waals surface area contributed by atoms with Crippen molar-refractivity contribution in [2.24, 2.45) is 11.8 Å². The Morgan fingerprint density at radius 3 is 2.05 bits per heavy atom. The van der Waals surface area contributed by atoms with E-state index < -0.39 is 7.95 Å². The largest absolute Gasteiger partial charge is 0.585 e. The smallest absolute Gasteiger partial charge is 0.365 e. The minimum Gasteiger partial charge on any atom is -0.365 e. The summed E-state index contributed by atoms with van der Waals surface area (Å²) in [5, 5.41) is 0.865. The average Bonchev–Trinajstić information content (AvgIpc) is 3.07. The Morgan fingerprint density at radius 1 is 0.905 bits per heavy atom. The molecule has 2 aliphatic carbocycles. The van der Waals surface area contributed by atoms with Gasteiger partial charge >= 0.3 is 7.95 Å². The third-order valence-electron chi connectivity index (χ3n) is 3.96. The van der Waals surface area contributed by atoms with Crippen molar-refractivity contribution in [2.45, 2.75) is 51.7 Å². The second-order valence-electron chi connectivity index (χ2n) is 5.33. The van der Waals surface area contributed by atoms with Crippen molar-refractivity contribution < 1.29 is 13.3 Å². The lowest BCUT2D eigenvalue weighted by Gasteiger charge is -2.26. The fourth-order valence-corrected chi connectivity index (χ4v) is 18.2. The summed E-state index contributed by atoms with van der Waals surface area (Å²) in [5.74, 6) is 2.00. The summed E-state index contributed by atoms with van der Waals surface area (Å²) in [5.41, 5.74) is 0. The number of fused-ring (bicyclic) bond motifs is 2. The van der Waals surface area contributed by atoms with Gasteiger partial charge in [0.1, 0.15) is 0 Å². The highest BCUT2D eigenvalue weighted by Gasteiger charge is 2.44. The number of hydrogen-bond donors (Lipinski definition) is 0. The molecule has 0 radical (unpaired) electrons. The van der Waals surface area contributed by atoms with Crippen LogP contribution in [-0.2, 0) is 13.3 Å². The molecule has 0 amide bonds. The van der Waals surface area contributed by atoms with Crippen molar-refractivity contribution in [2.75, 3.05) is 19.8 Å². The summed E-state index contributed by atoms with van der Waals surface area (Å²) in [6.07, 6.45) is 5.84. The minimum absolute atomic E-state index is 0.643. The van der Waals surface area contributed by atoms with Crippen LogP contribution in [0.15, 0.2) is 0 Å². The van der Waals surface area contributed by atoms with E-state index in [9.17, 15) is 0 Å². The second-order valence-corrected chi connectivity index (χ2v) is 15.8. The molecule has 2 aliphatic rings. The molecule has 2 fully saturated rings. The summed E-state index contributed by atoms with van der Waals surface area (Å²) < 4.78 is 17.5. The zero-order valence-electron chi connectivity index (χ0n) is 13.0. The Hall–Kier alpha value is 1.50. The van der Waals surface area contributed by atoms with Crippen LogP contribution in [0.1, 0.15) is 46.5 Å². The summed E-state index contributed by atoms with van der Waals surface area (Å²) in [7, 11) is 4.85. The van der Waals surface area contributed by atoms with Gasteiger partial charge in [-0.05, 0) is 81.8 Å². The van der Waals surface area contributed by atoms with Crippen LogP contribution >= 0.6 is 40.7 Å². The fraction of sp³-hybridized carbons (Fsp3) is 1.00. The van der Waals surface area contributed by atoms with E-state index in [1.54, 1.807) is 20.1 Å². The molecule has 3 nitrogen and oxygen atoms in total. The molecule has 0 aromatic rings. The van der Waals surface area contributed by atoms with E-state index in [0.29, 0.717) is 19.8 Å². The maximum Gasteiger partial charge on any atom is 0.585 e. The van der Waals surface area contributed by atoms with Gasteiger partial charge in [-0.3, -0.25) is 0 Å². The predicted molar refractivity (Wildman–Crippen MR) is 100 cm³/mol. The molecule has 124 valence electrons. The molecule has 0 aromatic carbocycles. The van der Waals surface area contributed by atoms with Crippen LogP contribution < -0.4 is 0 Å². The van der Waals surface area contributed by atoms with Crippen molar-refractivity contribution in [1.82, 2.24) is 0 Å². The van der Waals surface area contributed by atoms with Crippen LogP contribution in [0.4, 0.5) is 0 Å². The van der Waals surface area contributed by atoms with Crippen LogP contribution in [0.3, 0.4) is 0 Å². The Morgan fingerprint density at radius 2 is 1.57 bits per heavy atom. The SMILES string of the molecule is CCO[Si](OCC)(OCC)SSSSC1CC2CCC1C2. The second kappa shape index (κ2) is 9.71. The maximum atomic E-state index is 5.85. The summed E-state index contributed by atoms with van der Waals surface area (Å²) in [6, 6.07) is 0. The molecule has 3 unspecified atom stereocenters. The molecule has 2 saturated carbocycles. The fourth-order valence-electron chi connectivity index (χ4n) is 3.15. The normalized spacial score (nSPS) is 28.4. The first kappa shape index (κ1) is 18.8. The van der Waals surface area contributed by atoms with E-state index in [1.807, 2.05) is 30.6 Å². The first-order valence-corrected chi connectivity index (χ1v) is 15.2. The van der Waals surface area contributed by atoms with Gasteiger partial charge < -0.3 is 13.3 Å². The van der Waals surface area contributed by atoms with Gasteiger partial charge in [0.25, 0.3) is 0 Å². The molecule has 2 bridgehead atoms. The van der Waals surface area contributed by atoms with Crippen molar-refractivity contribution in [3.8, 4) is 0 Å². The third-order valence-corrected chi connectivity index (χ3v) is 17.1. The van der Waals surface area contributed by atoms with Gasteiger partial charge in [-0.15, -0.1) is 0 Å². The number of hydrogen-bond acceptors (Lipinski definition) is 7. The van der Waals surface area contributed by atoms with Crippen LogP contribution in [0.5, 0.6) is 0 Å². The van der Waals surface area contributed by atoms with Crippen molar-refractivity contribution in [3.63, 3.8) is 0 Å². The Bertz CT molecular complexity index is 294. The van der Waals surface area contributed by atoms with E-state index in [1.165, 1.54) is 25.7 Å². The molecule has 0 aliphatic heterocycles. The topological polar surface area (TPSA) is 27.7 Å². The Labute approximate surface area is 145 Å². The zero-order valence-corrected chi connectivity index (χ0v) is 17.3. The molecule has 0 N–H and O–H groups in total. The lowest BCUT2D eigenvalue weighted by molar-refractivity contribution is 0.0971. The Kier molecular flexibility index (Phi) is 8.71. The highest BCUT2D eigenvalue weighted by Crippen LogP contribution is 2.56. The van der Waals surface area contributed by atoms with Gasteiger partial charge in [-0.1, -0.05) is 17.2 Å².